The van der Waals surface area contributed by atoms with Crippen LogP contribution in [0.15, 0.2) is 6.20 Å². The van der Waals surface area contributed by atoms with Crippen LogP contribution >= 0.6 is 34.2 Å². The molecule has 2 nitrogen and oxygen atoms in total. The molecule has 0 aliphatic carbocycles. The Kier molecular flexibility index (Phi) is 3.77. The third kappa shape index (κ3) is 2.20. The molecule has 0 aliphatic heterocycles. The van der Waals surface area contributed by atoms with Crippen molar-refractivity contribution in [2.24, 2.45) is 0 Å². The van der Waals surface area contributed by atoms with Crippen molar-refractivity contribution in [3.63, 3.8) is 0 Å². The maximum absolute atomic E-state index is 12.6. The average Bonchev–Trinajstić information content (AvgIpc) is 2.08. The van der Waals surface area contributed by atoms with E-state index in [0.29, 0.717) is 9.13 Å². The van der Waals surface area contributed by atoms with Crippen LogP contribution in [-0.2, 0) is 0 Å². The van der Waals surface area contributed by atoms with Gasteiger partial charge in [-0.3, -0.25) is 9.78 Å². The summed E-state index contributed by atoms with van der Waals surface area (Å²) in [5.41, 5.74) is -0.148. The van der Waals surface area contributed by atoms with Gasteiger partial charge in [-0.1, -0.05) is 0 Å². The zero-order valence-electron chi connectivity index (χ0n) is 7.02. The Labute approximate surface area is 97.8 Å². The van der Waals surface area contributed by atoms with Crippen molar-refractivity contribution in [1.82, 2.24) is 4.98 Å². The number of halogens is 4. The lowest BCUT2D eigenvalue weighted by molar-refractivity contribution is 0.106. The number of alkyl halides is 2. The summed E-state index contributed by atoms with van der Waals surface area (Å²) in [6, 6.07) is 0. The molecule has 0 saturated heterocycles. The minimum Gasteiger partial charge on any atom is -0.274 e. The van der Waals surface area contributed by atoms with Gasteiger partial charge in [-0.25, -0.2) is 8.78 Å². The Hall–Kier alpha value is -0.300. The van der Waals surface area contributed by atoms with Gasteiger partial charge in [-0.15, -0.1) is 0 Å². The second-order valence-electron chi connectivity index (χ2n) is 2.59. The molecule has 0 aromatic carbocycles. The molecule has 1 rings (SSSR count). The molecule has 0 N–H and O–H groups in total. The van der Waals surface area contributed by atoms with Crippen LogP contribution in [0.3, 0.4) is 0 Å². The first-order valence-electron chi connectivity index (χ1n) is 3.58. The molecule has 0 saturated carbocycles. The van der Waals surface area contributed by atoms with Crippen LogP contribution in [-0.4, -0.2) is 10.2 Å². The number of aryl methyl sites for hydroxylation is 1. The molecule has 1 heterocycles. The fourth-order valence-electron chi connectivity index (χ4n) is 0.960. The molecule has 0 unspecified atom stereocenters. The van der Waals surface area contributed by atoms with E-state index in [-0.39, 0.29) is 11.3 Å². The highest BCUT2D eigenvalue weighted by Gasteiger charge is 2.22. The zero-order chi connectivity index (χ0) is 10.9. The standard InChI is InChI=1S/C8H5ClF2INO/c1-3-2-13-6(7(9)14)4(5(3)12)8(10)11/h2,8H,1H3. The summed E-state index contributed by atoms with van der Waals surface area (Å²) >= 11 is 6.89. The van der Waals surface area contributed by atoms with Crippen molar-refractivity contribution in [2.45, 2.75) is 13.3 Å². The van der Waals surface area contributed by atoms with Gasteiger partial charge >= 0.3 is 0 Å². The maximum Gasteiger partial charge on any atom is 0.271 e. The molecule has 0 atom stereocenters. The van der Waals surface area contributed by atoms with E-state index < -0.39 is 11.7 Å². The summed E-state index contributed by atoms with van der Waals surface area (Å²) in [5.74, 6) is 0. The van der Waals surface area contributed by atoms with Crippen LogP contribution in [0.1, 0.15) is 28.0 Å². The van der Waals surface area contributed by atoms with Crippen molar-refractivity contribution >= 4 is 39.4 Å². The summed E-state index contributed by atoms with van der Waals surface area (Å²) < 4.78 is 25.5. The van der Waals surface area contributed by atoms with E-state index in [9.17, 15) is 13.6 Å². The highest BCUT2D eigenvalue weighted by molar-refractivity contribution is 14.1. The fraction of sp³-hybridized carbons (Fsp3) is 0.250. The SMILES string of the molecule is Cc1cnc(C(=O)Cl)c(C(F)F)c1I. The number of hydrogen-bond acceptors (Lipinski definition) is 2. The second-order valence-corrected chi connectivity index (χ2v) is 4.01. The first kappa shape index (κ1) is 11.8. The molecule has 0 fully saturated rings. The molecule has 0 amide bonds. The molecule has 1 aromatic heterocycles. The topological polar surface area (TPSA) is 30.0 Å². The van der Waals surface area contributed by atoms with Crippen molar-refractivity contribution < 1.29 is 13.6 Å². The van der Waals surface area contributed by atoms with E-state index in [2.05, 4.69) is 4.98 Å². The molecule has 0 radical (unpaired) electrons. The van der Waals surface area contributed by atoms with Gasteiger partial charge in [0, 0.05) is 9.77 Å². The minimum atomic E-state index is -2.74. The Morgan fingerprint density at radius 2 is 2.21 bits per heavy atom. The number of carbonyl (C=O) groups is 1. The lowest BCUT2D eigenvalue weighted by Gasteiger charge is -2.08. The van der Waals surface area contributed by atoms with Crippen LogP contribution in [0.5, 0.6) is 0 Å². The Morgan fingerprint density at radius 1 is 1.64 bits per heavy atom. The molecular formula is C8H5ClF2INO. The van der Waals surface area contributed by atoms with Gasteiger partial charge in [0.25, 0.3) is 11.7 Å². The predicted octanol–water partition coefficient (Wildman–Crippen LogP) is 3.31. The number of pyridine rings is 1. The van der Waals surface area contributed by atoms with Gasteiger partial charge in [0.05, 0.1) is 5.56 Å². The molecule has 6 heteroatoms. The molecule has 0 bridgehead atoms. The quantitative estimate of drug-likeness (QED) is 0.615. The van der Waals surface area contributed by atoms with Gasteiger partial charge in [0.2, 0.25) is 0 Å². The zero-order valence-corrected chi connectivity index (χ0v) is 9.94. The summed E-state index contributed by atoms with van der Waals surface area (Å²) in [6.45, 7) is 1.64. The maximum atomic E-state index is 12.6. The second kappa shape index (κ2) is 4.48. The van der Waals surface area contributed by atoms with E-state index in [4.69, 9.17) is 11.6 Å². The smallest absolute Gasteiger partial charge is 0.271 e. The van der Waals surface area contributed by atoms with E-state index in [1.54, 1.807) is 29.5 Å². The third-order valence-electron chi connectivity index (χ3n) is 1.63. The van der Waals surface area contributed by atoms with Crippen LogP contribution in [0.25, 0.3) is 0 Å². The van der Waals surface area contributed by atoms with Crippen molar-refractivity contribution in [2.75, 3.05) is 0 Å². The number of rotatable bonds is 2. The fourth-order valence-corrected chi connectivity index (χ4v) is 1.74. The highest BCUT2D eigenvalue weighted by Crippen LogP contribution is 2.29. The average molecular weight is 331 g/mol. The Morgan fingerprint density at radius 3 is 2.64 bits per heavy atom. The first-order chi connectivity index (χ1) is 6.45. The Balaban J connectivity index is 3.45. The van der Waals surface area contributed by atoms with Crippen LogP contribution in [0, 0.1) is 10.5 Å². The van der Waals surface area contributed by atoms with E-state index >= 15 is 0 Å². The minimum absolute atomic E-state index is 0.330. The van der Waals surface area contributed by atoms with E-state index in [0.717, 1.165) is 0 Å². The third-order valence-corrected chi connectivity index (χ3v) is 3.24. The number of nitrogens with zero attached hydrogens (tertiary/aromatic N) is 1. The molecule has 1 aromatic rings. The summed E-state index contributed by atoms with van der Waals surface area (Å²) in [6.07, 6.45) is -1.39. The van der Waals surface area contributed by atoms with Gasteiger partial charge in [-0.2, -0.15) is 0 Å². The summed E-state index contributed by atoms with van der Waals surface area (Å²) in [5, 5.41) is -0.960. The summed E-state index contributed by atoms with van der Waals surface area (Å²) in [4.78, 5) is 14.4. The van der Waals surface area contributed by atoms with E-state index in [1.807, 2.05) is 0 Å². The normalized spacial score (nSPS) is 10.7. The summed E-state index contributed by atoms with van der Waals surface area (Å²) in [7, 11) is 0. The van der Waals surface area contributed by atoms with Crippen LogP contribution < -0.4 is 0 Å². The molecule has 14 heavy (non-hydrogen) atoms. The largest absolute Gasteiger partial charge is 0.274 e. The lowest BCUT2D eigenvalue weighted by atomic mass is 10.1. The molecule has 0 aliphatic rings. The van der Waals surface area contributed by atoms with Gasteiger partial charge in [0.1, 0.15) is 5.69 Å². The molecular weight excluding hydrogens is 326 g/mol. The number of hydrogen-bond donors (Lipinski definition) is 0. The molecule has 76 valence electrons. The van der Waals surface area contributed by atoms with Crippen LogP contribution in [0.4, 0.5) is 8.78 Å². The number of aromatic nitrogens is 1. The van der Waals surface area contributed by atoms with Gasteiger partial charge < -0.3 is 0 Å². The number of carbonyl (C=O) groups excluding carboxylic acids is 1. The lowest BCUT2D eigenvalue weighted by Crippen LogP contribution is -2.06. The van der Waals surface area contributed by atoms with Crippen molar-refractivity contribution in [1.29, 1.82) is 0 Å². The van der Waals surface area contributed by atoms with Crippen molar-refractivity contribution in [3.8, 4) is 0 Å². The monoisotopic (exact) mass is 331 g/mol. The first-order valence-corrected chi connectivity index (χ1v) is 5.03. The van der Waals surface area contributed by atoms with Gasteiger partial charge in [0.15, 0.2) is 0 Å². The van der Waals surface area contributed by atoms with Crippen molar-refractivity contribution in [3.05, 3.63) is 26.6 Å². The van der Waals surface area contributed by atoms with Crippen LogP contribution in [0.2, 0.25) is 0 Å². The predicted molar refractivity (Wildman–Crippen MR) is 56.8 cm³/mol. The highest BCUT2D eigenvalue weighted by atomic mass is 127. The molecule has 0 spiro atoms. The van der Waals surface area contributed by atoms with E-state index in [1.165, 1.54) is 6.20 Å². The Bertz CT molecular complexity index is 384. The van der Waals surface area contributed by atoms with Gasteiger partial charge in [-0.05, 0) is 46.7 Å².